The Bertz CT molecular complexity index is 1190. The molecule has 0 saturated carbocycles. The molecule has 0 bridgehead atoms. The summed E-state index contributed by atoms with van der Waals surface area (Å²) < 4.78 is 4.58. The molecule has 0 aromatic heterocycles. The van der Waals surface area contributed by atoms with Gasteiger partial charge in [0.1, 0.15) is 0 Å². The average Bonchev–Trinajstić information content (AvgIpc) is 2.82. The van der Waals surface area contributed by atoms with E-state index in [0.29, 0.717) is 0 Å². The molecule has 4 heteroatoms. The van der Waals surface area contributed by atoms with Crippen LogP contribution >= 0.6 is 23.8 Å². The van der Waals surface area contributed by atoms with Crippen molar-refractivity contribution < 1.29 is 0 Å². The van der Waals surface area contributed by atoms with E-state index in [9.17, 15) is 0 Å². The third-order valence-corrected chi connectivity index (χ3v) is 23.7. The topological polar surface area (TPSA) is 0 Å². The molecule has 0 aliphatic carbocycles. The van der Waals surface area contributed by atoms with E-state index in [2.05, 4.69) is 197 Å². The summed E-state index contributed by atoms with van der Waals surface area (Å²) in [7, 11) is -0.977. The van der Waals surface area contributed by atoms with E-state index in [-0.39, 0.29) is 54.7 Å². The van der Waals surface area contributed by atoms with Crippen molar-refractivity contribution in [1.29, 1.82) is 0 Å². The van der Waals surface area contributed by atoms with Gasteiger partial charge in [-0.3, -0.25) is 0 Å². The van der Waals surface area contributed by atoms with Crippen LogP contribution in [0.2, 0.25) is 0 Å². The minimum atomic E-state index is -1.79. The van der Waals surface area contributed by atoms with Gasteiger partial charge in [0, 0.05) is 0 Å². The Labute approximate surface area is 294 Å². The van der Waals surface area contributed by atoms with Crippen LogP contribution in [-0.2, 0) is 0 Å². The predicted molar refractivity (Wildman–Crippen MR) is 222 cm³/mol. The van der Waals surface area contributed by atoms with E-state index in [1.807, 2.05) is 0 Å². The molecule has 0 N–H and O–H groups in total. The number of rotatable bonds is 6. The molecule has 0 aliphatic rings. The first-order valence-electron chi connectivity index (χ1n) is 17.1. The summed E-state index contributed by atoms with van der Waals surface area (Å²) in [5.74, 6) is 0. The van der Waals surface area contributed by atoms with Crippen molar-refractivity contribution in [3.05, 3.63) is 72.8 Å². The molecule has 0 nitrogen and oxygen atoms in total. The Morgan fingerprint density at radius 1 is 0.283 bits per heavy atom. The van der Waals surface area contributed by atoms with E-state index < -0.39 is 14.7 Å². The van der Waals surface area contributed by atoms with E-state index in [1.165, 1.54) is 29.0 Å². The molecule has 3 aromatic rings. The first-order valence-corrected chi connectivity index (χ1v) is 24.0. The van der Waals surface area contributed by atoms with Gasteiger partial charge in [-0.2, -0.15) is 0 Å². The molecule has 0 aliphatic heterocycles. The molecule has 0 fully saturated rings. The van der Waals surface area contributed by atoms with Crippen LogP contribution in [0.4, 0.5) is 0 Å². The van der Waals surface area contributed by atoms with Gasteiger partial charge < -0.3 is 0 Å². The van der Waals surface area contributed by atoms with Gasteiger partial charge in [-0.1, -0.05) is 0 Å². The van der Waals surface area contributed by atoms with Crippen LogP contribution in [-0.4, -0.2) is 45.6 Å². The van der Waals surface area contributed by atoms with Gasteiger partial charge in [0.25, 0.3) is 0 Å². The molecule has 0 saturated heterocycles. The molecule has 254 valence electrons. The molecule has 0 amide bonds. The molecule has 0 radical (unpaired) electrons. The maximum absolute atomic E-state index is 2.50. The Balaban J connectivity index is 2.19. The molecule has 3 rings (SSSR count). The second-order valence-corrected chi connectivity index (χ2v) is 35.2. The van der Waals surface area contributed by atoms with Crippen LogP contribution in [0.15, 0.2) is 72.8 Å². The Hall–Kier alpha value is -0.492. The zero-order valence-corrected chi connectivity index (χ0v) is 37.3. The Morgan fingerprint density at radius 3 is 0.565 bits per heavy atom. The predicted octanol–water partition coefficient (Wildman–Crippen LogP) is 10.3. The van der Waals surface area contributed by atoms with E-state index in [1.54, 1.807) is 0 Å². The summed E-state index contributed by atoms with van der Waals surface area (Å²) in [5, 5.41) is 6.14. The second kappa shape index (κ2) is 14.0. The normalized spacial score (nSPS) is 14.2. The summed E-state index contributed by atoms with van der Waals surface area (Å²) in [6.07, 6.45) is 0. The monoisotopic (exact) mass is 738 g/mol. The van der Waals surface area contributed by atoms with Crippen molar-refractivity contribution in [2.45, 2.75) is 156 Å². The quantitative estimate of drug-likeness (QED) is 0.175. The zero-order valence-electron chi connectivity index (χ0n) is 32.7. The van der Waals surface area contributed by atoms with Gasteiger partial charge in [0.05, 0.1) is 0 Å². The van der Waals surface area contributed by atoms with Crippen LogP contribution in [0.5, 0.6) is 0 Å². The van der Waals surface area contributed by atoms with Crippen molar-refractivity contribution in [1.82, 2.24) is 0 Å². The van der Waals surface area contributed by atoms with Crippen LogP contribution in [0.1, 0.15) is 125 Å². The van der Waals surface area contributed by atoms with Crippen LogP contribution < -0.4 is 29.0 Å². The molecule has 0 unspecified atom stereocenters. The van der Waals surface area contributed by atoms with Gasteiger partial charge in [-0.15, -0.1) is 0 Å². The fraction of sp³-hybridized carbons (Fsp3) is 0.571. The van der Waals surface area contributed by atoms with Crippen LogP contribution in [0.3, 0.4) is 0 Å². The van der Waals surface area contributed by atoms with Gasteiger partial charge in [-0.25, -0.2) is 0 Å². The Kier molecular flexibility index (Phi) is 12.2. The average molecular weight is 739 g/mol. The van der Waals surface area contributed by atoms with Gasteiger partial charge >= 0.3 is 296 Å². The summed E-state index contributed by atoms with van der Waals surface area (Å²) in [6, 6.07) is 29.9. The third-order valence-electron chi connectivity index (χ3n) is 8.12. The zero-order chi connectivity index (χ0) is 35.3. The van der Waals surface area contributed by atoms with E-state index >= 15 is 0 Å². The number of hydrogen-bond donors (Lipinski definition) is 0. The molecule has 0 heterocycles. The van der Waals surface area contributed by atoms with Crippen molar-refractivity contribution in [2.75, 3.05) is 0 Å². The van der Waals surface area contributed by atoms with Crippen LogP contribution in [0, 0.1) is 0 Å². The van der Waals surface area contributed by atoms with Crippen molar-refractivity contribution in [3.8, 4) is 0 Å². The first kappa shape index (κ1) is 39.9. The fourth-order valence-corrected chi connectivity index (χ4v) is 24.8. The van der Waals surface area contributed by atoms with E-state index in [0.717, 1.165) is 0 Å². The molecule has 0 spiro atoms. The van der Waals surface area contributed by atoms with Crippen molar-refractivity contribution in [3.63, 3.8) is 0 Å². The Morgan fingerprint density at radius 2 is 0.435 bits per heavy atom. The molecule has 46 heavy (non-hydrogen) atoms. The number of benzene rings is 3. The number of hydrogen-bond acceptors (Lipinski definition) is 0. The first-order chi connectivity index (χ1) is 20.6. The third kappa shape index (κ3) is 9.81. The molecular formula is C42H66AsP3. The standard InChI is InChI=1S/C42H66AsP3/c1-37(2,3)44(38(4,5)6)34-25-19-31(20-26-34)43(32-21-27-35(28-22-32)45(39(7,8)9)40(10,11)12)33-23-29-36(30-24-33)46(41(13,14)15)42(16,17)18/h19-30H,1-18H3. The maximum atomic E-state index is 2.50. The summed E-state index contributed by atoms with van der Waals surface area (Å²) in [6.45, 7) is 43.6. The summed E-state index contributed by atoms with van der Waals surface area (Å²) in [5.41, 5.74) is 0. The second-order valence-electron chi connectivity index (χ2n) is 18.9. The minimum absolute atomic E-state index is 0.259. The molecule has 0 atom stereocenters. The summed E-state index contributed by atoms with van der Waals surface area (Å²) >= 11 is -1.79. The van der Waals surface area contributed by atoms with Gasteiger partial charge in [0.2, 0.25) is 0 Å². The fourth-order valence-electron chi connectivity index (χ4n) is 8.04. The van der Waals surface area contributed by atoms with Gasteiger partial charge in [0.15, 0.2) is 0 Å². The van der Waals surface area contributed by atoms with E-state index in [4.69, 9.17) is 0 Å². The SMILES string of the molecule is CC(C)(C)P(c1ccc([As](c2ccc(P(C(C)(C)C)C(C)(C)C)cc2)c2ccc(P(C(C)(C)C)C(C)(C)C)cc2)cc1)C(C)(C)C. The summed E-state index contributed by atoms with van der Waals surface area (Å²) in [4.78, 5) is 0. The van der Waals surface area contributed by atoms with Crippen molar-refractivity contribution >= 4 is 67.4 Å². The van der Waals surface area contributed by atoms with Gasteiger partial charge in [-0.05, 0) is 0 Å². The molecule has 3 aromatic carbocycles. The van der Waals surface area contributed by atoms with Crippen LogP contribution in [0.25, 0.3) is 0 Å². The van der Waals surface area contributed by atoms with Crippen molar-refractivity contribution in [2.24, 2.45) is 0 Å². The molecular weight excluding hydrogens is 672 g/mol.